The van der Waals surface area contributed by atoms with E-state index in [-0.39, 0.29) is 36.6 Å². The lowest BCUT2D eigenvalue weighted by Crippen LogP contribution is -2.47. The topological polar surface area (TPSA) is 91.3 Å². The number of nitrogens with one attached hydrogen (secondary N) is 1. The first-order valence-corrected chi connectivity index (χ1v) is 13.3. The predicted molar refractivity (Wildman–Crippen MR) is 145 cm³/mol. The maximum absolute atomic E-state index is 13.3. The van der Waals surface area contributed by atoms with Crippen molar-refractivity contribution in [3.63, 3.8) is 0 Å². The van der Waals surface area contributed by atoms with Crippen LogP contribution in [0.3, 0.4) is 0 Å². The lowest BCUT2D eigenvalue weighted by molar-refractivity contribution is -0.142. The molecule has 11 heteroatoms. The zero-order chi connectivity index (χ0) is 29.4. The second-order valence-corrected chi connectivity index (χ2v) is 10.4. The minimum Gasteiger partial charge on any atom is -0.497 e. The number of methoxy groups -OCH3 is 1. The summed E-state index contributed by atoms with van der Waals surface area (Å²) in [5.41, 5.74) is 1.88. The molecule has 1 aliphatic heterocycles. The number of aliphatic hydroxyl groups is 1. The van der Waals surface area contributed by atoms with Crippen molar-refractivity contribution >= 4 is 17.5 Å². The number of nitrogens with zero attached hydrogens (tertiary/aromatic N) is 2. The van der Waals surface area contributed by atoms with Crippen LogP contribution in [-0.4, -0.2) is 78.9 Å². The summed E-state index contributed by atoms with van der Waals surface area (Å²) in [6.45, 7) is 5.13. The smallest absolute Gasteiger partial charge is 0.389 e. The molecule has 0 aliphatic carbocycles. The molecule has 3 atom stereocenters. The van der Waals surface area contributed by atoms with Crippen LogP contribution in [0.25, 0.3) is 0 Å². The van der Waals surface area contributed by atoms with E-state index < -0.39 is 31.0 Å². The number of carbonyl (C=O) groups is 2. The van der Waals surface area contributed by atoms with Crippen LogP contribution in [0.5, 0.6) is 11.5 Å². The van der Waals surface area contributed by atoms with E-state index in [0.29, 0.717) is 30.9 Å². The summed E-state index contributed by atoms with van der Waals surface area (Å²) >= 11 is 0. The first kappa shape index (κ1) is 31.2. The Hall–Kier alpha value is -3.31. The number of fused-ring (bicyclic) bond motifs is 1. The number of hydrogen-bond donors (Lipinski definition) is 2. The van der Waals surface area contributed by atoms with Gasteiger partial charge in [-0.2, -0.15) is 13.2 Å². The minimum absolute atomic E-state index is 0.0485. The zero-order valence-corrected chi connectivity index (χ0v) is 23.3. The summed E-state index contributed by atoms with van der Waals surface area (Å²) in [6, 6.07) is 12.1. The van der Waals surface area contributed by atoms with E-state index in [4.69, 9.17) is 9.47 Å². The molecule has 2 amide bonds. The molecule has 220 valence electrons. The second-order valence-electron chi connectivity index (χ2n) is 10.4. The lowest BCUT2D eigenvalue weighted by Gasteiger charge is -2.34. The van der Waals surface area contributed by atoms with E-state index in [2.05, 4.69) is 10.2 Å². The standard InChI is InChI=1S/C29H38F3N3O5/c1-19-15-35(20(2)18-36)28(38)14-22-13-23(33-27(37)11-12-29(30,31)32)7-10-25(22)40-26(19)17-34(3)16-21-5-8-24(39-4)9-6-21/h5-10,13,19-20,26,36H,11-12,14-18H2,1-4H3,(H,33,37)/t19-,20+,26+/m0/s1. The number of ether oxygens (including phenoxy) is 2. The van der Waals surface area contributed by atoms with Crippen LogP contribution in [0.4, 0.5) is 18.9 Å². The van der Waals surface area contributed by atoms with Crippen molar-refractivity contribution in [3.8, 4) is 11.5 Å². The molecule has 0 aromatic heterocycles. The van der Waals surface area contributed by atoms with Crippen molar-refractivity contribution < 1.29 is 37.3 Å². The summed E-state index contributed by atoms with van der Waals surface area (Å²) in [4.78, 5) is 29.2. The third-order valence-electron chi connectivity index (χ3n) is 6.94. The van der Waals surface area contributed by atoms with Crippen LogP contribution in [0, 0.1) is 5.92 Å². The third kappa shape index (κ3) is 9.12. The average molecular weight is 566 g/mol. The number of carbonyl (C=O) groups excluding carboxylic acids is 2. The molecule has 1 heterocycles. The maximum atomic E-state index is 13.3. The Morgan fingerprint density at radius 1 is 1.25 bits per heavy atom. The molecule has 0 saturated carbocycles. The van der Waals surface area contributed by atoms with Gasteiger partial charge in [-0.3, -0.25) is 14.5 Å². The van der Waals surface area contributed by atoms with E-state index in [0.717, 1.165) is 11.3 Å². The number of likely N-dealkylation sites (N-methyl/N-ethyl adjacent to an activating group) is 1. The Labute approximate surface area is 233 Å². The second kappa shape index (κ2) is 13.8. The number of amides is 2. The van der Waals surface area contributed by atoms with E-state index in [1.54, 1.807) is 37.1 Å². The van der Waals surface area contributed by atoms with Crippen LogP contribution in [0.15, 0.2) is 42.5 Å². The molecule has 0 saturated heterocycles. The molecule has 40 heavy (non-hydrogen) atoms. The summed E-state index contributed by atoms with van der Waals surface area (Å²) in [7, 11) is 3.60. The first-order valence-electron chi connectivity index (χ1n) is 13.3. The van der Waals surface area contributed by atoms with E-state index in [9.17, 15) is 27.9 Å². The molecule has 0 bridgehead atoms. The van der Waals surface area contributed by atoms with Crippen molar-refractivity contribution in [2.75, 3.05) is 39.2 Å². The number of halogens is 3. The van der Waals surface area contributed by atoms with Gasteiger partial charge in [0.05, 0.1) is 32.6 Å². The summed E-state index contributed by atoms with van der Waals surface area (Å²) in [6.07, 6.45) is -6.72. The Balaban J connectivity index is 1.83. The normalized spacial score (nSPS) is 18.7. The van der Waals surface area contributed by atoms with Crippen molar-refractivity contribution in [2.45, 2.75) is 58.0 Å². The maximum Gasteiger partial charge on any atom is 0.389 e. The number of rotatable bonds is 10. The molecule has 1 aliphatic rings. The highest BCUT2D eigenvalue weighted by Gasteiger charge is 2.31. The number of aliphatic hydroxyl groups excluding tert-OH is 1. The Morgan fingerprint density at radius 3 is 2.58 bits per heavy atom. The van der Waals surface area contributed by atoms with E-state index in [1.165, 1.54) is 0 Å². The van der Waals surface area contributed by atoms with Crippen LogP contribution in [0.1, 0.15) is 37.8 Å². The average Bonchev–Trinajstić information content (AvgIpc) is 2.94. The molecule has 2 aromatic carbocycles. The lowest BCUT2D eigenvalue weighted by atomic mass is 10.0. The van der Waals surface area contributed by atoms with Crippen molar-refractivity contribution in [2.24, 2.45) is 5.92 Å². The Bertz CT molecular complexity index is 1140. The van der Waals surface area contributed by atoms with Gasteiger partial charge < -0.3 is 24.8 Å². The Morgan fingerprint density at radius 2 is 1.95 bits per heavy atom. The van der Waals surface area contributed by atoms with Crippen molar-refractivity contribution in [1.29, 1.82) is 0 Å². The molecule has 0 radical (unpaired) electrons. The fraction of sp³-hybridized carbons (Fsp3) is 0.517. The SMILES string of the molecule is COc1ccc(CN(C)C[C@H]2Oc3ccc(NC(=O)CCC(F)(F)F)cc3CC(=O)N([C@H](C)CO)C[C@@H]2C)cc1. The fourth-order valence-electron chi connectivity index (χ4n) is 4.62. The van der Waals surface area contributed by atoms with Crippen LogP contribution < -0.4 is 14.8 Å². The summed E-state index contributed by atoms with van der Waals surface area (Å²) in [5, 5.41) is 12.3. The molecule has 2 N–H and O–H groups in total. The molecule has 0 fully saturated rings. The molecule has 8 nitrogen and oxygen atoms in total. The van der Waals surface area contributed by atoms with Gasteiger partial charge in [0.15, 0.2) is 0 Å². The highest BCUT2D eigenvalue weighted by atomic mass is 19.4. The van der Waals surface area contributed by atoms with Gasteiger partial charge in [0.1, 0.15) is 17.6 Å². The van der Waals surface area contributed by atoms with Crippen LogP contribution >= 0.6 is 0 Å². The van der Waals surface area contributed by atoms with Gasteiger partial charge in [-0.15, -0.1) is 0 Å². The van der Waals surface area contributed by atoms with Crippen molar-refractivity contribution in [1.82, 2.24) is 9.80 Å². The summed E-state index contributed by atoms with van der Waals surface area (Å²) < 4.78 is 49.3. The predicted octanol–water partition coefficient (Wildman–Crippen LogP) is 4.26. The van der Waals surface area contributed by atoms with Gasteiger partial charge >= 0.3 is 6.18 Å². The third-order valence-corrected chi connectivity index (χ3v) is 6.94. The molecule has 3 rings (SSSR count). The van der Waals surface area contributed by atoms with Gasteiger partial charge in [0, 0.05) is 43.2 Å². The van der Waals surface area contributed by atoms with Gasteiger partial charge in [0.25, 0.3) is 0 Å². The zero-order valence-electron chi connectivity index (χ0n) is 23.3. The molecule has 0 spiro atoms. The monoisotopic (exact) mass is 565 g/mol. The molecule has 2 aromatic rings. The van der Waals surface area contributed by atoms with Gasteiger partial charge in [-0.1, -0.05) is 19.1 Å². The number of anilines is 1. The highest BCUT2D eigenvalue weighted by molar-refractivity contribution is 5.91. The first-order chi connectivity index (χ1) is 18.9. The largest absolute Gasteiger partial charge is 0.497 e. The Kier molecular flexibility index (Phi) is 10.8. The minimum atomic E-state index is -4.43. The quantitative estimate of drug-likeness (QED) is 0.448. The van der Waals surface area contributed by atoms with E-state index >= 15 is 0 Å². The molecular weight excluding hydrogens is 527 g/mol. The number of alkyl halides is 3. The van der Waals surface area contributed by atoms with Gasteiger partial charge in [-0.25, -0.2) is 0 Å². The number of benzene rings is 2. The van der Waals surface area contributed by atoms with Crippen LogP contribution in [-0.2, 0) is 22.6 Å². The molecular formula is C29H38F3N3O5. The molecule has 0 unspecified atom stereocenters. The van der Waals surface area contributed by atoms with Gasteiger partial charge in [0.2, 0.25) is 11.8 Å². The van der Waals surface area contributed by atoms with Crippen LogP contribution in [0.2, 0.25) is 0 Å². The number of hydrogen-bond acceptors (Lipinski definition) is 6. The summed E-state index contributed by atoms with van der Waals surface area (Å²) in [5.74, 6) is 0.162. The fourth-order valence-corrected chi connectivity index (χ4v) is 4.62. The highest BCUT2D eigenvalue weighted by Crippen LogP contribution is 2.30. The van der Waals surface area contributed by atoms with E-state index in [1.807, 2.05) is 38.2 Å². The van der Waals surface area contributed by atoms with Gasteiger partial charge in [-0.05, 0) is 49.9 Å². The van der Waals surface area contributed by atoms with Crippen molar-refractivity contribution in [3.05, 3.63) is 53.6 Å².